The number of non-ortho nitro benzene ring substituents is 2. The minimum absolute atomic E-state index is 0.0192. The number of unbranched alkanes of at least 4 members (excludes halogenated alkanes) is 2. The van der Waals surface area contributed by atoms with Crippen LogP contribution in [0.2, 0.25) is 0 Å². The van der Waals surface area contributed by atoms with Gasteiger partial charge in [0.25, 0.3) is 11.4 Å². The van der Waals surface area contributed by atoms with Crippen molar-refractivity contribution in [3.63, 3.8) is 0 Å². The molecule has 0 aliphatic heterocycles. The minimum Gasteiger partial charge on any atom is -0.462 e. The van der Waals surface area contributed by atoms with E-state index in [9.17, 15) is 25.0 Å². The van der Waals surface area contributed by atoms with Crippen LogP contribution in [-0.4, -0.2) is 28.1 Å². The molecule has 1 N–H and O–H groups in total. The predicted octanol–water partition coefficient (Wildman–Crippen LogP) is 5.69. The third-order valence-electron chi connectivity index (χ3n) is 5.60. The molecule has 0 saturated carbocycles. The molecule has 0 radical (unpaired) electrons. The van der Waals surface area contributed by atoms with Gasteiger partial charge in [0, 0.05) is 41.0 Å². The monoisotopic (exact) mass is 474 g/mol. The Hall–Kier alpha value is -4.60. The summed E-state index contributed by atoms with van der Waals surface area (Å²) < 4.78 is 5.41. The van der Waals surface area contributed by atoms with Crippen LogP contribution in [0.25, 0.3) is 11.1 Å². The Kier molecular flexibility index (Phi) is 6.81. The molecule has 178 valence electrons. The van der Waals surface area contributed by atoms with Gasteiger partial charge < -0.3 is 4.74 Å². The molecule has 10 heteroatoms. The maximum Gasteiger partial charge on any atom is 0.339 e. The normalized spacial score (nSPS) is 12.7. The second-order valence-electron chi connectivity index (χ2n) is 7.94. The van der Waals surface area contributed by atoms with Crippen LogP contribution in [0.4, 0.5) is 17.1 Å². The Morgan fingerprint density at radius 1 is 0.914 bits per heavy atom. The summed E-state index contributed by atoms with van der Waals surface area (Å²) in [5.74, 6) is -0.692. The molecule has 35 heavy (non-hydrogen) atoms. The topological polar surface area (TPSA) is 137 Å². The average molecular weight is 474 g/mol. The van der Waals surface area contributed by atoms with E-state index in [0.717, 1.165) is 12.8 Å². The number of carbonyl (C=O) groups excluding carboxylic acids is 1. The Bertz CT molecular complexity index is 1340. The number of fused-ring (bicyclic) bond motifs is 3. The lowest BCUT2D eigenvalue weighted by Gasteiger charge is -2.10. The summed E-state index contributed by atoms with van der Waals surface area (Å²) in [6, 6.07) is 15.7. The lowest BCUT2D eigenvalue weighted by atomic mass is 9.98. The molecule has 4 rings (SSSR count). The van der Waals surface area contributed by atoms with Crippen LogP contribution in [0, 0.1) is 20.2 Å². The fraction of sp³-hybridized carbons (Fsp3) is 0.200. The first-order valence-corrected chi connectivity index (χ1v) is 11.1. The number of nitro benzene ring substituents is 2. The van der Waals surface area contributed by atoms with Crippen LogP contribution in [0.1, 0.15) is 47.7 Å². The number of nitrogens with zero attached hydrogens (tertiary/aromatic N) is 3. The van der Waals surface area contributed by atoms with Gasteiger partial charge in [-0.1, -0.05) is 38.0 Å². The molecule has 3 aromatic rings. The van der Waals surface area contributed by atoms with Gasteiger partial charge in [-0.2, -0.15) is 5.10 Å². The zero-order chi connectivity index (χ0) is 24.9. The van der Waals surface area contributed by atoms with Crippen LogP contribution in [0.5, 0.6) is 0 Å². The number of carbonyl (C=O) groups is 1. The lowest BCUT2D eigenvalue weighted by molar-refractivity contribution is -0.385. The zero-order valence-electron chi connectivity index (χ0n) is 18.9. The van der Waals surface area contributed by atoms with E-state index in [-0.39, 0.29) is 29.3 Å². The van der Waals surface area contributed by atoms with Crippen LogP contribution in [-0.2, 0) is 4.74 Å². The third-order valence-corrected chi connectivity index (χ3v) is 5.60. The van der Waals surface area contributed by atoms with E-state index in [1.54, 1.807) is 24.3 Å². The maximum atomic E-state index is 13.0. The Morgan fingerprint density at radius 2 is 1.63 bits per heavy atom. The summed E-state index contributed by atoms with van der Waals surface area (Å²) in [6.45, 7) is 2.21. The van der Waals surface area contributed by atoms with Crippen molar-refractivity contribution in [1.29, 1.82) is 0 Å². The fourth-order valence-electron chi connectivity index (χ4n) is 3.92. The highest BCUT2D eigenvalue weighted by Crippen LogP contribution is 2.43. The fourth-order valence-corrected chi connectivity index (χ4v) is 3.92. The Morgan fingerprint density at radius 3 is 2.31 bits per heavy atom. The van der Waals surface area contributed by atoms with Crippen molar-refractivity contribution in [2.24, 2.45) is 5.10 Å². The van der Waals surface area contributed by atoms with Crippen molar-refractivity contribution in [2.75, 3.05) is 12.0 Å². The van der Waals surface area contributed by atoms with Gasteiger partial charge in [0.15, 0.2) is 0 Å². The SMILES string of the molecule is CCCCCOC(=O)c1cc([N+](=O)[O-])cc2c1-c1ccc([N+](=O)[O-])cc1/C2=N/Nc1ccccc1. The van der Waals surface area contributed by atoms with E-state index >= 15 is 0 Å². The second-order valence-corrected chi connectivity index (χ2v) is 7.94. The van der Waals surface area contributed by atoms with Crippen LogP contribution >= 0.6 is 0 Å². The van der Waals surface area contributed by atoms with E-state index < -0.39 is 15.8 Å². The molecule has 0 unspecified atom stereocenters. The molecule has 0 aromatic heterocycles. The number of ether oxygens (including phenoxy) is 1. The second kappa shape index (κ2) is 10.1. The summed E-state index contributed by atoms with van der Waals surface area (Å²) in [6.07, 6.45) is 2.51. The number of hydrogen-bond acceptors (Lipinski definition) is 8. The van der Waals surface area contributed by atoms with Crippen molar-refractivity contribution >= 4 is 28.7 Å². The highest BCUT2D eigenvalue weighted by atomic mass is 16.6. The number of nitrogens with one attached hydrogen (secondary N) is 1. The van der Waals surface area contributed by atoms with E-state index in [2.05, 4.69) is 10.5 Å². The Balaban J connectivity index is 1.87. The average Bonchev–Trinajstić information content (AvgIpc) is 3.18. The van der Waals surface area contributed by atoms with Gasteiger partial charge in [0.1, 0.15) is 0 Å². The number of para-hydroxylation sites is 1. The van der Waals surface area contributed by atoms with Gasteiger partial charge in [-0.05, 0) is 30.2 Å². The number of hydrogen-bond donors (Lipinski definition) is 1. The molecule has 0 amide bonds. The number of esters is 1. The zero-order valence-corrected chi connectivity index (χ0v) is 18.9. The summed E-state index contributed by atoms with van der Waals surface area (Å²) in [7, 11) is 0. The molecule has 0 bridgehead atoms. The van der Waals surface area contributed by atoms with Crippen molar-refractivity contribution in [3.05, 3.63) is 97.6 Å². The molecule has 0 saturated heterocycles. The summed E-state index contributed by atoms with van der Waals surface area (Å²) in [5.41, 5.74) is 4.96. The van der Waals surface area contributed by atoms with Crippen LogP contribution < -0.4 is 5.43 Å². The smallest absolute Gasteiger partial charge is 0.339 e. The first-order chi connectivity index (χ1) is 16.9. The predicted molar refractivity (Wildman–Crippen MR) is 131 cm³/mol. The van der Waals surface area contributed by atoms with Crippen molar-refractivity contribution in [1.82, 2.24) is 0 Å². The third kappa shape index (κ3) is 4.86. The van der Waals surface area contributed by atoms with Crippen molar-refractivity contribution < 1.29 is 19.4 Å². The first-order valence-electron chi connectivity index (χ1n) is 11.1. The van der Waals surface area contributed by atoms with Gasteiger partial charge in [-0.3, -0.25) is 25.7 Å². The molecule has 0 fully saturated rings. The molecule has 3 aromatic carbocycles. The molecule has 1 aliphatic rings. The van der Waals surface area contributed by atoms with Crippen LogP contribution in [0.15, 0.2) is 65.8 Å². The van der Waals surface area contributed by atoms with E-state index in [1.165, 1.54) is 30.3 Å². The van der Waals surface area contributed by atoms with Crippen LogP contribution in [0.3, 0.4) is 0 Å². The largest absolute Gasteiger partial charge is 0.462 e. The standard InChI is InChI=1S/C25H22N4O6/c1-2-3-7-12-35-25(30)22-15-18(29(33)34)14-21-23(22)19-11-10-17(28(31)32)13-20(19)24(21)27-26-16-8-5-4-6-9-16/h4-6,8-11,13-15,26H,2-3,7,12H2,1H3/b27-24-. The summed E-state index contributed by atoms with van der Waals surface area (Å²) in [4.78, 5) is 35.0. The van der Waals surface area contributed by atoms with E-state index in [4.69, 9.17) is 4.74 Å². The van der Waals surface area contributed by atoms with E-state index in [1.807, 2.05) is 13.0 Å². The molecule has 0 heterocycles. The van der Waals surface area contributed by atoms with Crippen molar-refractivity contribution in [3.8, 4) is 11.1 Å². The number of anilines is 1. The number of nitro groups is 2. The molecule has 0 atom stereocenters. The molecular formula is C25H22N4O6. The highest BCUT2D eigenvalue weighted by molar-refractivity contribution is 6.27. The van der Waals surface area contributed by atoms with Gasteiger partial charge in [0.05, 0.1) is 33.4 Å². The summed E-state index contributed by atoms with van der Waals surface area (Å²) in [5, 5.41) is 27.6. The number of hydrazone groups is 1. The molecule has 10 nitrogen and oxygen atoms in total. The minimum atomic E-state index is -0.692. The van der Waals surface area contributed by atoms with Gasteiger partial charge in [-0.15, -0.1) is 0 Å². The maximum absolute atomic E-state index is 13.0. The van der Waals surface area contributed by atoms with Crippen molar-refractivity contribution in [2.45, 2.75) is 26.2 Å². The summed E-state index contributed by atoms with van der Waals surface area (Å²) >= 11 is 0. The van der Waals surface area contributed by atoms with Gasteiger partial charge >= 0.3 is 5.97 Å². The Labute approximate surface area is 200 Å². The number of rotatable bonds is 9. The molecule has 0 spiro atoms. The lowest BCUT2D eigenvalue weighted by Crippen LogP contribution is -2.10. The van der Waals surface area contributed by atoms with Gasteiger partial charge in [-0.25, -0.2) is 4.79 Å². The van der Waals surface area contributed by atoms with E-state index in [0.29, 0.717) is 34.4 Å². The highest BCUT2D eigenvalue weighted by Gasteiger charge is 2.34. The molecule has 1 aliphatic carbocycles. The van der Waals surface area contributed by atoms with Gasteiger partial charge in [0.2, 0.25) is 0 Å². The number of benzene rings is 3. The first kappa shape index (κ1) is 23.6. The molecular weight excluding hydrogens is 452 g/mol. The quantitative estimate of drug-likeness (QED) is 0.142.